The van der Waals surface area contributed by atoms with E-state index in [1.165, 1.54) is 5.56 Å². The van der Waals surface area contributed by atoms with Gasteiger partial charge in [-0.2, -0.15) is 4.98 Å². The zero-order valence-corrected chi connectivity index (χ0v) is 15.5. The number of anilines is 3. The third-order valence-electron chi connectivity index (χ3n) is 3.94. The van der Waals surface area contributed by atoms with E-state index in [1.54, 1.807) is 0 Å². The number of hydrogen-bond donors (Lipinski definition) is 2. The van der Waals surface area contributed by atoms with Crippen molar-refractivity contribution < 1.29 is 0 Å². The van der Waals surface area contributed by atoms with Crippen molar-refractivity contribution >= 4 is 17.5 Å². The normalized spacial score (nSPS) is 10.8. The number of rotatable bonds is 7. The number of aromatic nitrogens is 2. The van der Waals surface area contributed by atoms with Crippen LogP contribution in [0.1, 0.15) is 5.56 Å². The van der Waals surface area contributed by atoms with Crippen molar-refractivity contribution in [1.82, 2.24) is 14.9 Å². The van der Waals surface area contributed by atoms with Crippen LogP contribution in [0.3, 0.4) is 0 Å². The highest BCUT2D eigenvalue weighted by molar-refractivity contribution is 5.66. The van der Waals surface area contributed by atoms with Gasteiger partial charge in [0.15, 0.2) is 0 Å². The maximum atomic E-state index is 4.70. The van der Waals surface area contributed by atoms with E-state index in [0.717, 1.165) is 35.9 Å². The zero-order chi connectivity index (χ0) is 18.4. The van der Waals surface area contributed by atoms with E-state index in [2.05, 4.69) is 65.8 Å². The molecule has 0 saturated heterocycles. The van der Waals surface area contributed by atoms with Gasteiger partial charge < -0.3 is 15.5 Å². The van der Waals surface area contributed by atoms with E-state index >= 15 is 0 Å². The summed E-state index contributed by atoms with van der Waals surface area (Å²) in [7, 11) is 4.11. The Bertz CT molecular complexity index is 846. The molecule has 0 atom stereocenters. The molecule has 0 aliphatic carbocycles. The molecule has 1 aromatic heterocycles. The second-order valence-corrected chi connectivity index (χ2v) is 6.55. The van der Waals surface area contributed by atoms with Gasteiger partial charge in [0.05, 0.1) is 5.69 Å². The quantitative estimate of drug-likeness (QED) is 0.672. The maximum absolute atomic E-state index is 4.70. The first-order valence-electron chi connectivity index (χ1n) is 8.77. The number of aryl methyl sites for hydroxylation is 1. The smallest absolute Gasteiger partial charge is 0.229 e. The van der Waals surface area contributed by atoms with Crippen molar-refractivity contribution in [3.63, 3.8) is 0 Å². The monoisotopic (exact) mass is 347 g/mol. The van der Waals surface area contributed by atoms with Crippen LogP contribution in [0.15, 0.2) is 60.7 Å². The highest BCUT2D eigenvalue weighted by Gasteiger charge is 2.07. The summed E-state index contributed by atoms with van der Waals surface area (Å²) in [6.07, 6.45) is 0. The lowest BCUT2D eigenvalue weighted by molar-refractivity contribution is 0.425. The van der Waals surface area contributed by atoms with Crippen LogP contribution in [-0.4, -0.2) is 42.1 Å². The van der Waals surface area contributed by atoms with Gasteiger partial charge in [-0.25, -0.2) is 4.98 Å². The molecular formula is C21H25N5. The van der Waals surface area contributed by atoms with Crippen molar-refractivity contribution in [3.05, 3.63) is 66.2 Å². The largest absolute Gasteiger partial charge is 0.369 e. The van der Waals surface area contributed by atoms with E-state index in [9.17, 15) is 0 Å². The van der Waals surface area contributed by atoms with Crippen LogP contribution in [0.2, 0.25) is 0 Å². The van der Waals surface area contributed by atoms with Gasteiger partial charge in [-0.05, 0) is 38.7 Å². The molecule has 0 aliphatic rings. The molecule has 5 heteroatoms. The lowest BCUT2D eigenvalue weighted by Crippen LogP contribution is -2.21. The van der Waals surface area contributed by atoms with Gasteiger partial charge in [-0.1, -0.05) is 42.5 Å². The fraction of sp³-hybridized carbons (Fsp3) is 0.238. The lowest BCUT2D eigenvalue weighted by Gasteiger charge is -2.13. The minimum Gasteiger partial charge on any atom is -0.369 e. The Morgan fingerprint density at radius 3 is 2.46 bits per heavy atom. The van der Waals surface area contributed by atoms with Gasteiger partial charge in [0.25, 0.3) is 0 Å². The van der Waals surface area contributed by atoms with Crippen molar-refractivity contribution in [2.75, 3.05) is 37.8 Å². The number of likely N-dealkylation sites (N-methyl/N-ethyl adjacent to an activating group) is 1. The zero-order valence-electron chi connectivity index (χ0n) is 15.5. The highest BCUT2D eigenvalue weighted by atomic mass is 15.2. The van der Waals surface area contributed by atoms with Crippen LogP contribution in [0, 0.1) is 6.92 Å². The Labute approximate surface area is 155 Å². The average Bonchev–Trinajstić information content (AvgIpc) is 2.62. The molecule has 0 aliphatic heterocycles. The van der Waals surface area contributed by atoms with Gasteiger partial charge in [-0.3, -0.25) is 0 Å². The summed E-state index contributed by atoms with van der Waals surface area (Å²) in [5.74, 6) is 1.40. The topological polar surface area (TPSA) is 53.1 Å². The minimum atomic E-state index is 0.587. The van der Waals surface area contributed by atoms with E-state index < -0.39 is 0 Å². The Hall–Kier alpha value is -2.92. The summed E-state index contributed by atoms with van der Waals surface area (Å²) < 4.78 is 0. The Morgan fingerprint density at radius 1 is 0.923 bits per heavy atom. The summed E-state index contributed by atoms with van der Waals surface area (Å²) >= 11 is 0. The van der Waals surface area contributed by atoms with E-state index in [-0.39, 0.29) is 0 Å². The summed E-state index contributed by atoms with van der Waals surface area (Å²) in [5, 5.41) is 6.71. The second kappa shape index (κ2) is 8.45. The summed E-state index contributed by atoms with van der Waals surface area (Å²) in [6.45, 7) is 3.83. The average molecular weight is 347 g/mol. The van der Waals surface area contributed by atoms with Gasteiger partial charge in [0, 0.05) is 30.4 Å². The van der Waals surface area contributed by atoms with Crippen molar-refractivity contribution in [3.8, 4) is 11.3 Å². The lowest BCUT2D eigenvalue weighted by atomic mass is 10.1. The minimum absolute atomic E-state index is 0.587. The molecule has 0 spiro atoms. The van der Waals surface area contributed by atoms with Gasteiger partial charge in [0.1, 0.15) is 5.82 Å². The molecule has 0 unspecified atom stereocenters. The van der Waals surface area contributed by atoms with Crippen molar-refractivity contribution in [2.24, 2.45) is 0 Å². The summed E-state index contributed by atoms with van der Waals surface area (Å²) in [5.41, 5.74) is 4.13. The van der Waals surface area contributed by atoms with E-state index in [0.29, 0.717) is 5.95 Å². The third-order valence-corrected chi connectivity index (χ3v) is 3.94. The molecule has 2 N–H and O–H groups in total. The van der Waals surface area contributed by atoms with Gasteiger partial charge >= 0.3 is 0 Å². The van der Waals surface area contributed by atoms with Crippen LogP contribution < -0.4 is 10.6 Å². The standard InChI is InChI=1S/C21H25N5/c1-16-8-7-11-18(14-16)23-21-24-19(17-9-5-4-6-10-17)15-20(25-21)22-12-13-26(2)3/h4-11,14-15H,12-13H2,1-3H3,(H2,22,23,24,25). The van der Waals surface area contributed by atoms with Crippen molar-refractivity contribution in [1.29, 1.82) is 0 Å². The van der Waals surface area contributed by atoms with Crippen molar-refractivity contribution in [2.45, 2.75) is 6.92 Å². The van der Waals surface area contributed by atoms with Crippen LogP contribution in [0.25, 0.3) is 11.3 Å². The molecule has 5 nitrogen and oxygen atoms in total. The Kier molecular flexibility index (Phi) is 5.81. The molecule has 0 radical (unpaired) electrons. The molecule has 3 rings (SSSR count). The van der Waals surface area contributed by atoms with Crippen LogP contribution in [0.5, 0.6) is 0 Å². The molecule has 2 aromatic carbocycles. The van der Waals surface area contributed by atoms with Crippen LogP contribution in [0.4, 0.5) is 17.5 Å². The number of benzene rings is 2. The molecule has 0 bridgehead atoms. The first kappa shape index (κ1) is 17.9. The molecule has 1 heterocycles. The third kappa shape index (κ3) is 5.04. The number of hydrogen-bond acceptors (Lipinski definition) is 5. The number of nitrogens with zero attached hydrogens (tertiary/aromatic N) is 3. The van der Waals surface area contributed by atoms with Crippen LogP contribution in [-0.2, 0) is 0 Å². The SMILES string of the molecule is Cc1cccc(Nc2nc(NCCN(C)C)cc(-c3ccccc3)n2)c1. The molecule has 0 amide bonds. The Balaban J connectivity index is 1.89. The highest BCUT2D eigenvalue weighted by Crippen LogP contribution is 2.23. The van der Waals surface area contributed by atoms with Crippen LogP contribution >= 0.6 is 0 Å². The first-order valence-corrected chi connectivity index (χ1v) is 8.77. The molecule has 134 valence electrons. The van der Waals surface area contributed by atoms with E-state index in [1.807, 2.05) is 36.4 Å². The molecular weight excluding hydrogens is 322 g/mol. The second-order valence-electron chi connectivity index (χ2n) is 6.55. The van der Waals surface area contributed by atoms with Gasteiger partial charge in [0.2, 0.25) is 5.95 Å². The van der Waals surface area contributed by atoms with Gasteiger partial charge in [-0.15, -0.1) is 0 Å². The number of nitrogens with one attached hydrogen (secondary N) is 2. The summed E-state index contributed by atoms with van der Waals surface area (Å²) in [6, 6.07) is 20.3. The fourth-order valence-electron chi connectivity index (χ4n) is 2.61. The summed E-state index contributed by atoms with van der Waals surface area (Å²) in [4.78, 5) is 11.5. The Morgan fingerprint density at radius 2 is 1.73 bits per heavy atom. The predicted octanol–water partition coefficient (Wildman–Crippen LogP) is 4.17. The maximum Gasteiger partial charge on any atom is 0.229 e. The van der Waals surface area contributed by atoms with E-state index in [4.69, 9.17) is 4.98 Å². The molecule has 3 aromatic rings. The molecule has 26 heavy (non-hydrogen) atoms. The molecule has 0 saturated carbocycles. The molecule has 0 fully saturated rings. The fourth-order valence-corrected chi connectivity index (χ4v) is 2.61. The first-order chi connectivity index (χ1) is 12.6. The predicted molar refractivity (Wildman–Crippen MR) is 109 cm³/mol.